The molecule has 1 rings (SSSR count). The van der Waals surface area contributed by atoms with E-state index >= 15 is 0 Å². The maximum atomic E-state index is 10.8. The van der Waals surface area contributed by atoms with E-state index in [1.54, 1.807) is 0 Å². The van der Waals surface area contributed by atoms with Gasteiger partial charge in [-0.15, -0.1) is 5.73 Å². The smallest absolute Gasteiger partial charge is 0.364 e. The minimum Gasteiger partial charge on any atom is -0.477 e. The van der Waals surface area contributed by atoms with Crippen molar-refractivity contribution in [2.75, 3.05) is 0 Å². The summed E-state index contributed by atoms with van der Waals surface area (Å²) >= 11 is 0. The average molecular weight is 348 g/mol. The van der Waals surface area contributed by atoms with Gasteiger partial charge in [-0.2, -0.15) is 0 Å². The van der Waals surface area contributed by atoms with Gasteiger partial charge in [0.05, 0.1) is 0 Å². The van der Waals surface area contributed by atoms with Crippen molar-refractivity contribution in [3.8, 4) is 0 Å². The van der Waals surface area contributed by atoms with Crippen LogP contribution in [0.4, 0.5) is 0 Å². The van der Waals surface area contributed by atoms with Crippen molar-refractivity contribution in [1.29, 1.82) is 0 Å². The molecule has 0 aromatic carbocycles. The molecule has 3 N–H and O–H groups in total. The second-order valence-electron chi connectivity index (χ2n) is 6.80. The number of hydrogen-bond acceptors (Lipinski definition) is 3. The van der Waals surface area contributed by atoms with E-state index in [-0.39, 0.29) is 0 Å². The van der Waals surface area contributed by atoms with Crippen LogP contribution in [0.1, 0.15) is 71.6 Å². The summed E-state index contributed by atoms with van der Waals surface area (Å²) in [5, 5.41) is 27.6. The van der Waals surface area contributed by atoms with Crippen molar-refractivity contribution in [3.63, 3.8) is 0 Å². The Labute approximate surface area is 151 Å². The fourth-order valence-corrected chi connectivity index (χ4v) is 2.88. The molecule has 0 saturated heterocycles. The molecule has 0 spiro atoms. The van der Waals surface area contributed by atoms with Crippen LogP contribution < -0.4 is 0 Å². The molecule has 140 valence electrons. The molecule has 0 aliphatic heterocycles. The van der Waals surface area contributed by atoms with E-state index in [0.717, 1.165) is 25.7 Å². The standard InChI is InChI=1S/C21H32O4/c1-3-4-5-6-7-8-13-18-15-11-16-19(18)14-10-9-12-17(2)21(24,25)20(22)23/h8,10,12-13,17,24-25H,3-7,11,14-16H2,1-2H3,(H,22,23)/b13-8+. The lowest BCUT2D eigenvalue weighted by molar-refractivity contribution is -0.214. The van der Waals surface area contributed by atoms with Gasteiger partial charge in [0.25, 0.3) is 5.79 Å². The molecule has 4 nitrogen and oxygen atoms in total. The zero-order chi connectivity index (χ0) is 18.7. The van der Waals surface area contributed by atoms with E-state index in [9.17, 15) is 15.0 Å². The van der Waals surface area contributed by atoms with Crippen molar-refractivity contribution in [2.24, 2.45) is 5.92 Å². The highest BCUT2D eigenvalue weighted by Crippen LogP contribution is 2.29. The van der Waals surface area contributed by atoms with Gasteiger partial charge in [0.1, 0.15) is 0 Å². The van der Waals surface area contributed by atoms with Gasteiger partial charge in [0.15, 0.2) is 0 Å². The van der Waals surface area contributed by atoms with Crippen LogP contribution in [0.25, 0.3) is 0 Å². The third-order valence-electron chi connectivity index (χ3n) is 4.68. The Hall–Kier alpha value is -1.61. The molecule has 0 amide bonds. The highest BCUT2D eigenvalue weighted by Gasteiger charge is 2.38. The molecule has 0 radical (unpaired) electrons. The summed E-state index contributed by atoms with van der Waals surface area (Å²) in [4.78, 5) is 10.8. The first-order valence-corrected chi connectivity index (χ1v) is 9.36. The van der Waals surface area contributed by atoms with Gasteiger partial charge in [-0.3, -0.25) is 0 Å². The highest BCUT2D eigenvalue weighted by molar-refractivity contribution is 5.75. The quantitative estimate of drug-likeness (QED) is 0.292. The Morgan fingerprint density at radius 2 is 2.04 bits per heavy atom. The average Bonchev–Trinajstić information content (AvgIpc) is 3.01. The number of hydrogen-bond donors (Lipinski definition) is 3. The van der Waals surface area contributed by atoms with Gasteiger partial charge < -0.3 is 15.3 Å². The fourth-order valence-electron chi connectivity index (χ4n) is 2.88. The molecule has 0 fully saturated rings. The minimum absolute atomic E-state index is 0.773. The number of unbranched alkanes of at least 4 members (excludes halogenated alkanes) is 4. The molecular formula is C21H32O4. The van der Waals surface area contributed by atoms with Crippen LogP contribution in [-0.2, 0) is 4.79 Å². The first-order chi connectivity index (χ1) is 11.9. The number of aliphatic hydroxyl groups is 2. The van der Waals surface area contributed by atoms with Gasteiger partial charge in [-0.05, 0) is 56.3 Å². The van der Waals surface area contributed by atoms with E-state index in [1.165, 1.54) is 56.3 Å². The third kappa shape index (κ3) is 7.43. The van der Waals surface area contributed by atoms with Crippen LogP contribution in [0.3, 0.4) is 0 Å². The van der Waals surface area contributed by atoms with E-state index in [1.807, 2.05) is 6.08 Å². The Bertz CT molecular complexity index is 548. The predicted octanol–water partition coefficient (Wildman–Crippen LogP) is 4.50. The SMILES string of the molecule is CCCCCC/C=C/C1=C(CC=C=CC(C)C(O)(O)C(=O)O)CCC1. The molecule has 0 aromatic heterocycles. The molecule has 0 aromatic rings. The predicted molar refractivity (Wildman–Crippen MR) is 100 cm³/mol. The maximum absolute atomic E-state index is 10.8. The van der Waals surface area contributed by atoms with Crippen molar-refractivity contribution in [2.45, 2.75) is 77.4 Å². The molecule has 1 atom stereocenters. The van der Waals surface area contributed by atoms with Gasteiger partial charge in [-0.25, -0.2) is 4.79 Å². The van der Waals surface area contributed by atoms with Crippen LogP contribution in [0, 0.1) is 5.92 Å². The normalized spacial score (nSPS) is 16.2. The number of allylic oxidation sites excluding steroid dienone is 4. The number of carboxylic acids is 1. The summed E-state index contributed by atoms with van der Waals surface area (Å²) in [7, 11) is 0. The van der Waals surface area contributed by atoms with Gasteiger partial charge in [0, 0.05) is 5.92 Å². The van der Waals surface area contributed by atoms with E-state index < -0.39 is 17.7 Å². The van der Waals surface area contributed by atoms with Crippen LogP contribution >= 0.6 is 0 Å². The van der Waals surface area contributed by atoms with Gasteiger partial charge in [-0.1, -0.05) is 50.8 Å². The largest absolute Gasteiger partial charge is 0.477 e. The molecule has 0 bridgehead atoms. The number of aliphatic carboxylic acids is 1. The maximum Gasteiger partial charge on any atom is 0.364 e. The Balaban J connectivity index is 2.54. The van der Waals surface area contributed by atoms with E-state index in [0.29, 0.717) is 0 Å². The molecule has 1 unspecified atom stereocenters. The van der Waals surface area contributed by atoms with E-state index in [4.69, 9.17) is 5.11 Å². The lowest BCUT2D eigenvalue weighted by atomic mass is 10.0. The monoisotopic (exact) mass is 348 g/mol. The van der Waals surface area contributed by atoms with Crippen molar-refractivity contribution >= 4 is 5.97 Å². The van der Waals surface area contributed by atoms with Crippen LogP contribution in [-0.4, -0.2) is 27.1 Å². The Kier molecular flexibility index (Phi) is 9.51. The summed E-state index contributed by atoms with van der Waals surface area (Å²) in [5.41, 5.74) is 5.70. The lowest BCUT2D eigenvalue weighted by Gasteiger charge is -2.20. The van der Waals surface area contributed by atoms with Crippen molar-refractivity contribution in [1.82, 2.24) is 0 Å². The van der Waals surface area contributed by atoms with Gasteiger partial charge >= 0.3 is 5.97 Å². The summed E-state index contributed by atoms with van der Waals surface area (Å²) in [6, 6.07) is 0. The number of carboxylic acid groups (broad SMARTS) is 1. The first-order valence-electron chi connectivity index (χ1n) is 9.36. The zero-order valence-electron chi connectivity index (χ0n) is 15.5. The summed E-state index contributed by atoms with van der Waals surface area (Å²) < 4.78 is 0. The number of rotatable bonds is 11. The second-order valence-corrected chi connectivity index (χ2v) is 6.80. The molecule has 4 heteroatoms. The fraction of sp³-hybridized carbons (Fsp3) is 0.619. The summed E-state index contributed by atoms with van der Waals surface area (Å²) in [5.74, 6) is -5.33. The lowest BCUT2D eigenvalue weighted by Crippen LogP contribution is -2.43. The Morgan fingerprint density at radius 3 is 2.72 bits per heavy atom. The number of carbonyl (C=O) groups is 1. The third-order valence-corrected chi connectivity index (χ3v) is 4.68. The second kappa shape index (κ2) is 11.1. The van der Waals surface area contributed by atoms with Crippen LogP contribution in [0.5, 0.6) is 0 Å². The van der Waals surface area contributed by atoms with E-state index in [2.05, 4.69) is 24.8 Å². The van der Waals surface area contributed by atoms with Crippen LogP contribution in [0.15, 0.2) is 41.2 Å². The molecule has 0 heterocycles. The molecule has 0 saturated carbocycles. The summed E-state index contributed by atoms with van der Waals surface area (Å²) in [6.07, 6.45) is 18.2. The Morgan fingerprint density at radius 1 is 1.28 bits per heavy atom. The van der Waals surface area contributed by atoms with Crippen LogP contribution in [0.2, 0.25) is 0 Å². The minimum atomic E-state index is -2.75. The highest BCUT2D eigenvalue weighted by atomic mass is 16.5. The molecular weight excluding hydrogens is 316 g/mol. The van der Waals surface area contributed by atoms with Crippen molar-refractivity contribution < 1.29 is 20.1 Å². The molecule has 25 heavy (non-hydrogen) atoms. The first kappa shape index (κ1) is 21.4. The van der Waals surface area contributed by atoms with Crippen molar-refractivity contribution in [3.05, 3.63) is 41.2 Å². The zero-order valence-corrected chi connectivity index (χ0v) is 15.5. The summed E-state index contributed by atoms with van der Waals surface area (Å²) in [6.45, 7) is 3.66. The van der Waals surface area contributed by atoms with Gasteiger partial charge in [0.2, 0.25) is 0 Å². The molecule has 1 aliphatic carbocycles. The molecule has 1 aliphatic rings. The topological polar surface area (TPSA) is 77.8 Å².